The number of carbonyl (C=O) groups excluding carboxylic acids is 1. The number of nitrogens with one attached hydrogen (secondary N) is 1. The highest BCUT2D eigenvalue weighted by Crippen LogP contribution is 2.41. The van der Waals surface area contributed by atoms with Crippen molar-refractivity contribution >= 4 is 28.1 Å². The second-order valence-electron chi connectivity index (χ2n) is 10.2. The predicted octanol–water partition coefficient (Wildman–Crippen LogP) is 4.91. The Morgan fingerprint density at radius 3 is 2.71 bits per heavy atom. The molecular formula is C27H32N8O2S. The second-order valence-corrected chi connectivity index (χ2v) is 11.3. The van der Waals surface area contributed by atoms with Crippen molar-refractivity contribution in [3.05, 3.63) is 53.7 Å². The number of nitrogens with zero attached hydrogens (tertiary/aromatic N) is 7. The maximum absolute atomic E-state index is 13.5. The van der Waals surface area contributed by atoms with Crippen LogP contribution in [0, 0.1) is 0 Å². The molecular weight excluding hydrogens is 500 g/mol. The number of amides is 1. The zero-order chi connectivity index (χ0) is 26.2. The van der Waals surface area contributed by atoms with E-state index < -0.39 is 0 Å². The molecule has 1 N–H and O–H groups in total. The molecule has 198 valence electrons. The quantitative estimate of drug-likeness (QED) is 0.344. The van der Waals surface area contributed by atoms with Crippen LogP contribution < -0.4 is 10.2 Å². The highest BCUT2D eigenvalue weighted by molar-refractivity contribution is 7.18. The van der Waals surface area contributed by atoms with Crippen molar-refractivity contribution in [1.29, 1.82) is 0 Å². The van der Waals surface area contributed by atoms with Crippen molar-refractivity contribution < 1.29 is 9.53 Å². The minimum Gasteiger partial charge on any atom is -0.381 e. The minimum atomic E-state index is -0.188. The summed E-state index contributed by atoms with van der Waals surface area (Å²) in [6.45, 7) is 5.90. The van der Waals surface area contributed by atoms with Crippen LogP contribution in [-0.2, 0) is 4.74 Å². The van der Waals surface area contributed by atoms with Gasteiger partial charge in [0, 0.05) is 38.4 Å². The van der Waals surface area contributed by atoms with Crippen LogP contribution in [0.4, 0.5) is 10.8 Å². The predicted molar refractivity (Wildman–Crippen MR) is 147 cm³/mol. The van der Waals surface area contributed by atoms with Crippen molar-refractivity contribution in [3.63, 3.8) is 0 Å². The Kier molecular flexibility index (Phi) is 6.71. The number of hydrogen-bond acceptors (Lipinski definition) is 8. The molecule has 6 rings (SSSR count). The maximum atomic E-state index is 13.5. The summed E-state index contributed by atoms with van der Waals surface area (Å²) in [6.07, 6.45) is 10.3. The van der Waals surface area contributed by atoms with Gasteiger partial charge < -0.3 is 24.1 Å². The standard InChI is InChI=1S/C27H32N8O2S/c1-17(2)35-16-29-32-25(35)20-5-4-6-24(30-20)31-26(36)23-13-22(34-14-21(28-15-34)18-7-8-18)27(38-23)33-11-9-19(37-3)10-12-33/h4-6,13-19H,7-12H2,1-3H3,(H,30,31,36). The molecule has 2 fully saturated rings. The van der Waals surface area contributed by atoms with E-state index in [1.54, 1.807) is 19.5 Å². The van der Waals surface area contributed by atoms with Crippen molar-refractivity contribution in [2.75, 3.05) is 30.4 Å². The van der Waals surface area contributed by atoms with E-state index in [-0.39, 0.29) is 18.1 Å². The van der Waals surface area contributed by atoms with Crippen LogP contribution >= 0.6 is 11.3 Å². The van der Waals surface area contributed by atoms with Crippen molar-refractivity contribution in [2.45, 2.75) is 57.6 Å². The van der Waals surface area contributed by atoms with Gasteiger partial charge in [-0.25, -0.2) is 9.97 Å². The van der Waals surface area contributed by atoms with Crippen LogP contribution in [0.1, 0.15) is 66.9 Å². The summed E-state index contributed by atoms with van der Waals surface area (Å²) < 4.78 is 9.60. The third kappa shape index (κ3) is 4.95. The number of imidazole rings is 1. The lowest BCUT2D eigenvalue weighted by atomic mass is 10.1. The van der Waals surface area contributed by atoms with Crippen LogP contribution in [0.5, 0.6) is 0 Å². The molecule has 1 aliphatic carbocycles. The normalized spacial score (nSPS) is 16.4. The molecule has 0 aromatic carbocycles. The first-order valence-electron chi connectivity index (χ1n) is 13.1. The van der Waals surface area contributed by atoms with Crippen molar-refractivity contribution in [3.8, 4) is 17.2 Å². The van der Waals surface area contributed by atoms with Crippen LogP contribution in [-0.4, -0.2) is 61.5 Å². The van der Waals surface area contributed by atoms with Crippen molar-refractivity contribution in [2.24, 2.45) is 0 Å². The van der Waals surface area contributed by atoms with Gasteiger partial charge in [0.25, 0.3) is 5.91 Å². The van der Waals surface area contributed by atoms with Gasteiger partial charge in [0.15, 0.2) is 5.82 Å². The van der Waals surface area contributed by atoms with Gasteiger partial charge in [-0.2, -0.15) is 0 Å². The lowest BCUT2D eigenvalue weighted by Gasteiger charge is -2.32. The Bertz CT molecular complexity index is 1430. The number of aromatic nitrogens is 6. The van der Waals surface area contributed by atoms with Gasteiger partial charge in [0.2, 0.25) is 0 Å². The largest absolute Gasteiger partial charge is 0.381 e. The summed E-state index contributed by atoms with van der Waals surface area (Å²) in [4.78, 5) is 25.7. The monoisotopic (exact) mass is 532 g/mol. The number of carbonyl (C=O) groups is 1. The number of hydrogen-bond donors (Lipinski definition) is 1. The van der Waals surface area contributed by atoms with Crippen LogP contribution in [0.2, 0.25) is 0 Å². The molecule has 0 atom stereocenters. The molecule has 1 saturated heterocycles. The Balaban J connectivity index is 1.27. The number of pyridine rings is 1. The SMILES string of the molecule is COC1CCN(c2sc(C(=O)Nc3cccc(-c4nncn4C(C)C)n3)cc2-n2cnc(C3CC3)c2)CC1. The van der Waals surface area contributed by atoms with Crippen LogP contribution in [0.15, 0.2) is 43.1 Å². The average Bonchev–Trinajstić information content (AvgIpc) is 3.33. The number of anilines is 2. The summed E-state index contributed by atoms with van der Waals surface area (Å²) in [5.74, 6) is 1.52. The number of piperidine rings is 1. The van der Waals surface area contributed by atoms with Gasteiger partial charge in [0.1, 0.15) is 22.8 Å². The number of thiophene rings is 1. The Morgan fingerprint density at radius 1 is 1.16 bits per heavy atom. The maximum Gasteiger partial charge on any atom is 0.267 e. The third-order valence-electron chi connectivity index (χ3n) is 7.21. The van der Waals surface area contributed by atoms with Crippen LogP contribution in [0.25, 0.3) is 17.2 Å². The van der Waals surface area contributed by atoms with E-state index in [4.69, 9.17) is 4.74 Å². The van der Waals surface area contributed by atoms with Crippen LogP contribution in [0.3, 0.4) is 0 Å². The molecule has 2 aliphatic rings. The zero-order valence-corrected chi connectivity index (χ0v) is 22.7. The van der Waals surface area contributed by atoms with E-state index >= 15 is 0 Å². The lowest BCUT2D eigenvalue weighted by Crippen LogP contribution is -2.36. The van der Waals surface area contributed by atoms with Gasteiger partial charge >= 0.3 is 0 Å². The topological polar surface area (TPSA) is 103 Å². The van der Waals surface area contributed by atoms with Gasteiger partial charge in [-0.05, 0) is 57.7 Å². The Hall–Kier alpha value is -3.57. The molecule has 10 nitrogen and oxygen atoms in total. The second kappa shape index (κ2) is 10.3. The van der Waals surface area contributed by atoms with E-state index in [0.29, 0.717) is 28.1 Å². The van der Waals surface area contributed by atoms with Gasteiger partial charge in [0.05, 0.1) is 28.7 Å². The fourth-order valence-electron chi connectivity index (χ4n) is 4.86. The number of ether oxygens (including phenoxy) is 1. The highest BCUT2D eigenvalue weighted by atomic mass is 32.1. The third-order valence-corrected chi connectivity index (χ3v) is 8.39. The van der Waals surface area contributed by atoms with E-state index in [1.807, 2.05) is 29.1 Å². The fourth-order valence-corrected chi connectivity index (χ4v) is 5.96. The van der Waals surface area contributed by atoms with E-state index in [1.165, 1.54) is 24.2 Å². The molecule has 5 heterocycles. The molecule has 0 unspecified atom stereocenters. The zero-order valence-electron chi connectivity index (χ0n) is 21.9. The summed E-state index contributed by atoms with van der Waals surface area (Å²) in [5.41, 5.74) is 2.78. The first kappa shape index (κ1) is 24.7. The molecule has 1 aliphatic heterocycles. The van der Waals surface area contributed by atoms with E-state index in [9.17, 15) is 4.79 Å². The molecule has 1 amide bonds. The first-order chi connectivity index (χ1) is 18.5. The van der Waals surface area contributed by atoms with Crippen molar-refractivity contribution in [1.82, 2.24) is 29.3 Å². The summed E-state index contributed by atoms with van der Waals surface area (Å²) in [5, 5.41) is 12.3. The smallest absolute Gasteiger partial charge is 0.267 e. The molecule has 38 heavy (non-hydrogen) atoms. The minimum absolute atomic E-state index is 0.188. The Labute approximate surface area is 225 Å². The fraction of sp³-hybridized carbons (Fsp3) is 0.444. The first-order valence-corrected chi connectivity index (χ1v) is 14.0. The van der Waals surface area contributed by atoms with Gasteiger partial charge in [-0.3, -0.25) is 4.79 Å². The molecule has 0 radical (unpaired) electrons. The molecule has 4 aromatic rings. The molecule has 1 saturated carbocycles. The Morgan fingerprint density at radius 2 is 1.97 bits per heavy atom. The molecule has 4 aromatic heterocycles. The van der Waals surface area contributed by atoms with Gasteiger partial charge in [-0.1, -0.05) is 6.07 Å². The highest BCUT2D eigenvalue weighted by Gasteiger charge is 2.28. The van der Waals surface area contributed by atoms with E-state index in [2.05, 4.69) is 55.0 Å². The summed E-state index contributed by atoms with van der Waals surface area (Å²) in [7, 11) is 1.78. The summed E-state index contributed by atoms with van der Waals surface area (Å²) in [6, 6.07) is 7.70. The molecule has 0 spiro atoms. The summed E-state index contributed by atoms with van der Waals surface area (Å²) >= 11 is 1.51. The number of methoxy groups -OCH3 is 1. The lowest BCUT2D eigenvalue weighted by molar-refractivity contribution is 0.0820. The molecule has 11 heteroatoms. The average molecular weight is 533 g/mol. The van der Waals surface area contributed by atoms with Gasteiger partial charge in [-0.15, -0.1) is 21.5 Å². The molecule has 0 bridgehead atoms. The van der Waals surface area contributed by atoms with E-state index in [0.717, 1.165) is 42.3 Å². The number of rotatable bonds is 8.